The second-order valence-electron chi connectivity index (χ2n) is 5.38. The molecule has 2 aliphatic rings. The highest BCUT2D eigenvalue weighted by molar-refractivity contribution is 5.45. The molecule has 1 saturated heterocycles. The van der Waals surface area contributed by atoms with Crippen LogP contribution in [-0.2, 0) is 0 Å². The summed E-state index contributed by atoms with van der Waals surface area (Å²) < 4.78 is 0. The quantitative estimate of drug-likeness (QED) is 0.905. The minimum atomic E-state index is 0.416. The zero-order valence-corrected chi connectivity index (χ0v) is 11.1. The Morgan fingerprint density at radius 3 is 2.75 bits per heavy atom. The van der Waals surface area contributed by atoms with Gasteiger partial charge in [0.05, 0.1) is 12.2 Å². The third kappa shape index (κ3) is 2.29. The second kappa shape index (κ2) is 4.70. The summed E-state index contributed by atoms with van der Waals surface area (Å²) in [6, 6.07) is 2.36. The molecule has 102 valence electrons. The van der Waals surface area contributed by atoms with E-state index in [0.29, 0.717) is 12.0 Å². The van der Waals surface area contributed by atoms with Crippen LogP contribution in [0.25, 0.3) is 0 Å². The van der Waals surface area contributed by atoms with Crippen LogP contribution >= 0.6 is 0 Å². The lowest BCUT2D eigenvalue weighted by molar-refractivity contribution is 0.542. The summed E-state index contributed by atoms with van der Waals surface area (Å²) in [7, 11) is 0. The number of hydrogen-bond donors (Lipinski definition) is 1. The normalized spacial score (nSPS) is 18.7. The van der Waals surface area contributed by atoms with Gasteiger partial charge >= 0.3 is 0 Å². The van der Waals surface area contributed by atoms with Crippen LogP contribution in [0.1, 0.15) is 24.6 Å². The maximum absolute atomic E-state index is 4.59. The molecule has 0 aromatic carbocycles. The third-order valence-corrected chi connectivity index (χ3v) is 3.72. The molecule has 20 heavy (non-hydrogen) atoms. The monoisotopic (exact) mass is 268 g/mol. The highest BCUT2D eigenvalue weighted by Crippen LogP contribution is 2.38. The molecule has 0 unspecified atom stereocenters. The molecule has 1 N–H and O–H groups in total. The Kier molecular flexibility index (Phi) is 2.72. The van der Waals surface area contributed by atoms with Crippen LogP contribution in [0.15, 0.2) is 30.9 Å². The van der Waals surface area contributed by atoms with Crippen LogP contribution < -0.4 is 10.2 Å². The van der Waals surface area contributed by atoms with E-state index >= 15 is 0 Å². The first-order chi connectivity index (χ1) is 9.88. The molecule has 0 atom stereocenters. The van der Waals surface area contributed by atoms with Gasteiger partial charge in [-0.25, -0.2) is 15.0 Å². The van der Waals surface area contributed by atoms with Crippen LogP contribution in [0.5, 0.6) is 0 Å². The molecule has 0 spiro atoms. The first kappa shape index (κ1) is 11.6. The number of nitrogens with zero attached hydrogens (tertiary/aromatic N) is 5. The molecule has 4 rings (SSSR count). The van der Waals surface area contributed by atoms with Crippen LogP contribution in [0, 0.1) is 0 Å². The van der Waals surface area contributed by atoms with Gasteiger partial charge < -0.3 is 10.2 Å². The van der Waals surface area contributed by atoms with Gasteiger partial charge in [-0.15, -0.1) is 0 Å². The lowest BCUT2D eigenvalue weighted by atomic mass is 10.1. The van der Waals surface area contributed by atoms with E-state index < -0.39 is 0 Å². The molecule has 0 radical (unpaired) electrons. The number of hydrogen-bond acceptors (Lipinski definition) is 6. The molecule has 0 bridgehead atoms. The van der Waals surface area contributed by atoms with Crippen LogP contribution in [0.4, 0.5) is 11.6 Å². The Morgan fingerprint density at radius 1 is 1.10 bits per heavy atom. The average molecular weight is 268 g/mol. The molecule has 2 aromatic heterocycles. The van der Waals surface area contributed by atoms with E-state index in [-0.39, 0.29) is 0 Å². The van der Waals surface area contributed by atoms with Crippen molar-refractivity contribution in [1.29, 1.82) is 0 Å². The van der Waals surface area contributed by atoms with Crippen molar-refractivity contribution in [1.82, 2.24) is 19.9 Å². The molecule has 0 amide bonds. The summed E-state index contributed by atoms with van der Waals surface area (Å²) in [6.45, 7) is 1.86. The summed E-state index contributed by atoms with van der Waals surface area (Å²) >= 11 is 0. The van der Waals surface area contributed by atoms with E-state index in [1.807, 2.05) is 12.3 Å². The van der Waals surface area contributed by atoms with Crippen molar-refractivity contribution in [3.05, 3.63) is 36.7 Å². The lowest BCUT2D eigenvalue weighted by Crippen LogP contribution is -2.55. The van der Waals surface area contributed by atoms with Crippen LogP contribution in [0.2, 0.25) is 0 Å². The minimum absolute atomic E-state index is 0.416. The summed E-state index contributed by atoms with van der Waals surface area (Å²) in [6.07, 6.45) is 9.52. The maximum Gasteiger partial charge on any atom is 0.147 e. The first-order valence-corrected chi connectivity index (χ1v) is 6.99. The highest BCUT2D eigenvalue weighted by atomic mass is 15.3. The van der Waals surface area contributed by atoms with Gasteiger partial charge in [0.25, 0.3) is 0 Å². The number of nitrogens with one attached hydrogen (secondary N) is 1. The van der Waals surface area contributed by atoms with E-state index in [1.54, 1.807) is 18.6 Å². The largest absolute Gasteiger partial charge is 0.364 e. The van der Waals surface area contributed by atoms with Crippen molar-refractivity contribution in [2.45, 2.75) is 24.8 Å². The Balaban J connectivity index is 1.36. The van der Waals surface area contributed by atoms with Gasteiger partial charge in [0, 0.05) is 37.6 Å². The Bertz CT molecular complexity index is 592. The minimum Gasteiger partial charge on any atom is -0.364 e. The van der Waals surface area contributed by atoms with Crippen LogP contribution in [-0.4, -0.2) is 39.1 Å². The number of anilines is 2. The van der Waals surface area contributed by atoms with E-state index in [0.717, 1.165) is 30.5 Å². The molecule has 1 aliphatic heterocycles. The van der Waals surface area contributed by atoms with Gasteiger partial charge in [0.2, 0.25) is 0 Å². The Hall–Kier alpha value is -2.24. The van der Waals surface area contributed by atoms with Crippen molar-refractivity contribution < 1.29 is 0 Å². The van der Waals surface area contributed by atoms with Crippen molar-refractivity contribution in [2.24, 2.45) is 0 Å². The Morgan fingerprint density at radius 2 is 2.00 bits per heavy atom. The molecule has 1 saturated carbocycles. The molecule has 1 aliphatic carbocycles. The zero-order chi connectivity index (χ0) is 13.4. The van der Waals surface area contributed by atoms with Crippen molar-refractivity contribution in [3.8, 4) is 0 Å². The fourth-order valence-corrected chi connectivity index (χ4v) is 2.41. The number of aromatic nitrogens is 4. The highest BCUT2D eigenvalue weighted by Gasteiger charge is 2.29. The molecular formula is C14H16N6. The van der Waals surface area contributed by atoms with E-state index in [1.165, 1.54) is 12.8 Å². The fraction of sp³-hybridized carbons (Fsp3) is 0.429. The lowest BCUT2D eigenvalue weighted by Gasteiger charge is -2.40. The smallest absolute Gasteiger partial charge is 0.147 e. The first-order valence-electron chi connectivity index (χ1n) is 6.99. The maximum atomic E-state index is 4.59. The summed E-state index contributed by atoms with van der Waals surface area (Å²) in [5, 5.41) is 3.46. The van der Waals surface area contributed by atoms with E-state index in [4.69, 9.17) is 0 Å². The molecular weight excluding hydrogens is 252 g/mol. The molecule has 6 nitrogen and oxygen atoms in total. The van der Waals surface area contributed by atoms with Crippen molar-refractivity contribution in [3.63, 3.8) is 0 Å². The summed E-state index contributed by atoms with van der Waals surface area (Å²) in [5.74, 6) is 3.45. The van der Waals surface area contributed by atoms with Gasteiger partial charge in [0.15, 0.2) is 0 Å². The van der Waals surface area contributed by atoms with Gasteiger partial charge in [0.1, 0.15) is 17.5 Å². The van der Waals surface area contributed by atoms with E-state index in [9.17, 15) is 0 Å². The standard InChI is InChI=1S/C14H16N6/c1-2-10(1)14-17-4-3-12(19-14)18-11-8-20(9-11)13-7-15-5-6-16-13/h3-7,10-11H,1-2,8-9H2,(H,17,18,19). The molecule has 2 fully saturated rings. The van der Waals surface area contributed by atoms with Crippen molar-refractivity contribution in [2.75, 3.05) is 23.3 Å². The van der Waals surface area contributed by atoms with Gasteiger partial charge in [-0.05, 0) is 18.9 Å². The zero-order valence-electron chi connectivity index (χ0n) is 11.1. The second-order valence-corrected chi connectivity index (χ2v) is 5.38. The van der Waals surface area contributed by atoms with Gasteiger partial charge in [-0.1, -0.05) is 0 Å². The predicted molar refractivity (Wildman–Crippen MR) is 75.7 cm³/mol. The molecule has 2 aromatic rings. The Labute approximate surface area is 117 Å². The molecule has 3 heterocycles. The van der Waals surface area contributed by atoms with Gasteiger partial charge in [-0.2, -0.15) is 0 Å². The summed E-state index contributed by atoms with van der Waals surface area (Å²) in [4.78, 5) is 19.5. The van der Waals surface area contributed by atoms with Crippen LogP contribution in [0.3, 0.4) is 0 Å². The SMILES string of the molecule is c1cnc(N2CC(Nc3ccnc(C4CC4)n3)C2)cn1. The summed E-state index contributed by atoms with van der Waals surface area (Å²) in [5.41, 5.74) is 0. The topological polar surface area (TPSA) is 66.8 Å². The third-order valence-electron chi connectivity index (χ3n) is 3.72. The van der Waals surface area contributed by atoms with Gasteiger partial charge in [-0.3, -0.25) is 4.98 Å². The average Bonchev–Trinajstić information content (AvgIpc) is 3.28. The predicted octanol–water partition coefficient (Wildman–Crippen LogP) is 1.44. The van der Waals surface area contributed by atoms with E-state index in [2.05, 4.69) is 30.2 Å². The van der Waals surface area contributed by atoms with Crippen molar-refractivity contribution >= 4 is 11.6 Å². The fourth-order valence-electron chi connectivity index (χ4n) is 2.41. The number of rotatable bonds is 4. The molecule has 6 heteroatoms.